The van der Waals surface area contributed by atoms with E-state index in [-0.39, 0.29) is 0 Å². The van der Waals surface area contributed by atoms with Gasteiger partial charge in [-0.15, -0.1) is 0 Å². The number of halogens is 2. The first-order chi connectivity index (χ1) is 21.6. The molecule has 0 spiro atoms. The van der Waals surface area contributed by atoms with Crippen LogP contribution in [-0.2, 0) is 0 Å². The van der Waals surface area contributed by atoms with Gasteiger partial charge in [0, 0.05) is 55.7 Å². The molecule has 3 nitrogen and oxygen atoms in total. The first kappa shape index (κ1) is 27.1. The fraction of sp³-hybridized carbons (Fsp3) is 0. The monoisotopic (exact) mass is 749 g/mol. The summed E-state index contributed by atoms with van der Waals surface area (Å²) < 4.78 is 2.07. The average Bonchev–Trinajstić information content (AvgIpc) is 3.07. The summed E-state index contributed by atoms with van der Waals surface area (Å²) in [4.78, 5) is 7.24. The van der Waals surface area contributed by atoms with E-state index in [1.807, 2.05) is 23.5 Å². The zero-order chi connectivity index (χ0) is 29.4. The largest absolute Gasteiger partial charge is 0.353 e. The van der Waals surface area contributed by atoms with Gasteiger partial charge < -0.3 is 16.0 Å². The van der Waals surface area contributed by atoms with E-state index in [0.29, 0.717) is 0 Å². The van der Waals surface area contributed by atoms with E-state index < -0.39 is 0 Å². The maximum Gasteiger partial charge on any atom is 0.0625 e. The van der Waals surface area contributed by atoms with Crippen molar-refractivity contribution in [2.24, 2.45) is 0 Å². The normalized spacial score (nSPS) is 13.5. The topological polar surface area (TPSA) is 36.1 Å². The average molecular weight is 752 g/mol. The van der Waals surface area contributed by atoms with Crippen molar-refractivity contribution in [2.45, 2.75) is 29.4 Å². The quantitative estimate of drug-likeness (QED) is 0.163. The SMILES string of the molecule is Brc1c(Br)c(-c2cccc3c2Nc2ccccc2S3)c(-c2cccc3c2Nc2ccccc2S3)c2c1Sc1ccccc1N2. The number of anilines is 6. The van der Waals surface area contributed by atoms with Gasteiger partial charge in [-0.25, -0.2) is 0 Å². The third-order valence-corrected chi connectivity index (χ3v) is 13.9. The van der Waals surface area contributed by atoms with E-state index in [1.54, 1.807) is 11.8 Å². The van der Waals surface area contributed by atoms with E-state index >= 15 is 0 Å². The van der Waals surface area contributed by atoms with Crippen molar-refractivity contribution in [1.29, 1.82) is 0 Å². The molecule has 0 atom stereocenters. The van der Waals surface area contributed by atoms with Crippen LogP contribution in [-0.4, -0.2) is 0 Å². The first-order valence-corrected chi connectivity index (χ1v) is 18.1. The number of fused-ring (bicyclic) bond motifs is 6. The predicted molar refractivity (Wildman–Crippen MR) is 194 cm³/mol. The van der Waals surface area contributed by atoms with Gasteiger partial charge in [0.25, 0.3) is 0 Å². The highest BCUT2D eigenvalue weighted by molar-refractivity contribution is 9.13. The molecule has 0 bridgehead atoms. The van der Waals surface area contributed by atoms with Crippen LogP contribution < -0.4 is 16.0 Å². The highest BCUT2D eigenvalue weighted by atomic mass is 79.9. The molecule has 6 aromatic rings. The Bertz CT molecular complexity index is 2180. The van der Waals surface area contributed by atoms with Crippen LogP contribution in [0, 0.1) is 0 Å². The van der Waals surface area contributed by atoms with Crippen LogP contribution >= 0.6 is 67.1 Å². The van der Waals surface area contributed by atoms with Gasteiger partial charge in [0.15, 0.2) is 0 Å². The minimum atomic E-state index is 1.03. The Balaban J connectivity index is 1.34. The van der Waals surface area contributed by atoms with Gasteiger partial charge in [0.1, 0.15) is 0 Å². The van der Waals surface area contributed by atoms with Gasteiger partial charge >= 0.3 is 0 Å². The fourth-order valence-electron chi connectivity index (χ4n) is 6.04. The van der Waals surface area contributed by atoms with Crippen molar-refractivity contribution in [1.82, 2.24) is 0 Å². The number of rotatable bonds is 2. The van der Waals surface area contributed by atoms with Crippen LogP contribution in [0.4, 0.5) is 34.1 Å². The van der Waals surface area contributed by atoms with Crippen molar-refractivity contribution in [2.75, 3.05) is 16.0 Å². The van der Waals surface area contributed by atoms with Gasteiger partial charge in [-0.05, 0) is 80.4 Å². The van der Waals surface area contributed by atoms with Crippen LogP contribution in [0.3, 0.4) is 0 Å². The maximum absolute atomic E-state index is 4.12. The Morgan fingerprint density at radius 2 is 0.818 bits per heavy atom. The Morgan fingerprint density at radius 1 is 0.386 bits per heavy atom. The molecule has 0 aromatic heterocycles. The second kappa shape index (κ2) is 10.7. The van der Waals surface area contributed by atoms with E-state index in [0.717, 1.165) is 70.2 Å². The molecule has 9 rings (SSSR count). The van der Waals surface area contributed by atoms with Crippen LogP contribution in [0.5, 0.6) is 0 Å². The third kappa shape index (κ3) is 4.26. The highest BCUT2D eigenvalue weighted by Gasteiger charge is 2.32. The summed E-state index contributed by atoms with van der Waals surface area (Å²) in [6, 6.07) is 38.8. The molecular formula is C36H21Br2N3S3. The molecule has 44 heavy (non-hydrogen) atoms. The summed E-state index contributed by atoms with van der Waals surface area (Å²) >= 11 is 13.6. The molecule has 212 valence electrons. The summed E-state index contributed by atoms with van der Waals surface area (Å²) in [6.45, 7) is 0. The minimum absolute atomic E-state index is 1.03. The molecule has 8 heteroatoms. The fourth-order valence-corrected chi connectivity index (χ4v) is 10.5. The number of hydrogen-bond acceptors (Lipinski definition) is 6. The molecule has 0 amide bonds. The van der Waals surface area contributed by atoms with Crippen LogP contribution in [0.25, 0.3) is 22.3 Å². The second-order valence-corrected chi connectivity index (χ2v) is 15.4. The summed E-state index contributed by atoms with van der Waals surface area (Å²) in [5.41, 5.74) is 11.3. The van der Waals surface area contributed by atoms with E-state index in [2.05, 4.69) is 157 Å². The van der Waals surface area contributed by atoms with Crippen molar-refractivity contribution >= 4 is 101 Å². The molecular weight excluding hydrogens is 730 g/mol. The van der Waals surface area contributed by atoms with Gasteiger partial charge in [0.2, 0.25) is 0 Å². The number of para-hydroxylation sites is 5. The van der Waals surface area contributed by atoms with E-state index in [9.17, 15) is 0 Å². The molecule has 0 radical (unpaired) electrons. The lowest BCUT2D eigenvalue weighted by atomic mass is 9.90. The van der Waals surface area contributed by atoms with E-state index in [4.69, 9.17) is 0 Å². The molecule has 3 aliphatic heterocycles. The summed E-state index contributed by atoms with van der Waals surface area (Å²) in [6.07, 6.45) is 0. The van der Waals surface area contributed by atoms with Gasteiger partial charge in [0.05, 0.1) is 39.0 Å². The lowest BCUT2D eigenvalue weighted by Gasteiger charge is -2.31. The Hall–Kier alpha value is -3.27. The molecule has 3 N–H and O–H groups in total. The smallest absolute Gasteiger partial charge is 0.0625 e. The standard InChI is InChI=1S/C36H21Br2N3S3/c37-31-29(19-9-7-17-27-33(19)39-21-11-1-4-14-24(21)42-27)30(35-36(32(31)38)44-26-16-6-3-13-23(26)41-35)20-10-8-18-28-34(20)40-22-12-2-5-15-25(22)43-28/h1-18,39-41H. The Morgan fingerprint density at radius 3 is 1.36 bits per heavy atom. The molecule has 0 aliphatic carbocycles. The molecule has 3 aliphatic rings. The molecule has 3 heterocycles. The zero-order valence-electron chi connectivity index (χ0n) is 22.9. The number of benzene rings is 6. The molecule has 0 saturated heterocycles. The third-order valence-electron chi connectivity index (χ3n) is 8.02. The lowest BCUT2D eigenvalue weighted by molar-refractivity contribution is 1.27. The van der Waals surface area contributed by atoms with Gasteiger partial charge in [-0.3, -0.25) is 0 Å². The maximum atomic E-state index is 4.12. The van der Waals surface area contributed by atoms with Crippen molar-refractivity contribution < 1.29 is 0 Å². The zero-order valence-corrected chi connectivity index (χ0v) is 28.5. The molecule has 6 aromatic carbocycles. The summed E-state index contributed by atoms with van der Waals surface area (Å²) in [7, 11) is 0. The van der Waals surface area contributed by atoms with Crippen molar-refractivity contribution in [3.63, 3.8) is 0 Å². The van der Waals surface area contributed by atoms with Crippen molar-refractivity contribution in [3.8, 4) is 22.3 Å². The number of hydrogen-bond donors (Lipinski definition) is 3. The minimum Gasteiger partial charge on any atom is -0.353 e. The van der Waals surface area contributed by atoms with Gasteiger partial charge in [-0.2, -0.15) is 0 Å². The van der Waals surface area contributed by atoms with Crippen LogP contribution in [0.2, 0.25) is 0 Å². The predicted octanol–water partition coefficient (Wildman–Crippen LogP) is 13.2. The number of nitrogens with one attached hydrogen (secondary N) is 3. The first-order valence-electron chi connectivity index (χ1n) is 14.1. The van der Waals surface area contributed by atoms with Gasteiger partial charge in [-0.1, -0.05) is 95.9 Å². The molecule has 0 unspecified atom stereocenters. The summed E-state index contributed by atoms with van der Waals surface area (Å²) in [5, 5.41) is 11.5. The van der Waals surface area contributed by atoms with Crippen molar-refractivity contribution in [3.05, 3.63) is 118 Å². The Labute approximate surface area is 284 Å². The Kier molecular flexibility index (Phi) is 6.57. The lowest BCUT2D eigenvalue weighted by Crippen LogP contribution is -2.08. The summed E-state index contributed by atoms with van der Waals surface area (Å²) in [5.74, 6) is 0. The second-order valence-electron chi connectivity index (χ2n) is 10.6. The highest BCUT2D eigenvalue weighted by Crippen LogP contribution is 2.61. The van der Waals surface area contributed by atoms with E-state index in [1.165, 1.54) is 24.5 Å². The molecule has 0 saturated carbocycles. The van der Waals surface area contributed by atoms with Crippen LogP contribution in [0.1, 0.15) is 0 Å². The van der Waals surface area contributed by atoms with Crippen LogP contribution in [0.15, 0.2) is 148 Å². The molecule has 0 fully saturated rings.